The Labute approximate surface area is 209 Å². The Morgan fingerprint density at radius 1 is 1.28 bits per heavy atom. The number of nitro benzene ring substituents is 1. The van der Waals surface area contributed by atoms with Crippen molar-refractivity contribution in [3.8, 4) is 22.8 Å². The Balaban J connectivity index is 2.17. The number of nitrogens with one attached hydrogen (secondary N) is 1. The van der Waals surface area contributed by atoms with Gasteiger partial charge in [0.1, 0.15) is 5.75 Å². The maximum absolute atomic E-state index is 13.3. The van der Waals surface area contributed by atoms with E-state index in [1.807, 2.05) is 6.92 Å². The molecule has 0 radical (unpaired) electrons. The van der Waals surface area contributed by atoms with E-state index >= 15 is 0 Å². The van der Waals surface area contributed by atoms with E-state index in [0.717, 1.165) is 13.0 Å². The zero-order valence-electron chi connectivity index (χ0n) is 19.8. The summed E-state index contributed by atoms with van der Waals surface area (Å²) < 4.78 is 11.9. The number of anilines is 1. The third-order valence-corrected chi connectivity index (χ3v) is 6.15. The van der Waals surface area contributed by atoms with Crippen LogP contribution in [0.15, 0.2) is 46.3 Å². The SMILES string of the molecule is CCSc1n[n+]2c(c(=O)[nH]1)-c1ccccc1N(C(C)=O)[C@@H]2c1cc(OC)cc([N+](=O)[O-])c1OC(C)=O. The van der Waals surface area contributed by atoms with Gasteiger partial charge in [-0.3, -0.25) is 29.5 Å². The lowest BCUT2D eigenvalue weighted by molar-refractivity contribution is -0.763. The first-order valence-electron chi connectivity index (χ1n) is 10.8. The maximum Gasteiger partial charge on any atom is 0.325 e. The number of carbonyl (C=O) groups is 2. The zero-order chi connectivity index (χ0) is 26.1. The van der Waals surface area contributed by atoms with Crippen molar-refractivity contribution in [2.45, 2.75) is 32.1 Å². The molecular formula is C23H22N5O7S+. The first kappa shape index (κ1) is 24.9. The Hall–Kier alpha value is -4.26. The number of fused-ring (bicyclic) bond motifs is 3. The molecule has 186 valence electrons. The van der Waals surface area contributed by atoms with Gasteiger partial charge in [-0.1, -0.05) is 30.8 Å². The highest BCUT2D eigenvalue weighted by atomic mass is 32.2. The second-order valence-corrected chi connectivity index (χ2v) is 8.93. The number of esters is 1. The molecular weight excluding hydrogens is 490 g/mol. The van der Waals surface area contributed by atoms with Gasteiger partial charge in [0.2, 0.25) is 16.8 Å². The number of para-hydroxylation sites is 1. The van der Waals surface area contributed by atoms with E-state index in [-0.39, 0.29) is 27.9 Å². The fraction of sp³-hybridized carbons (Fsp3) is 0.261. The predicted molar refractivity (Wildman–Crippen MR) is 129 cm³/mol. The van der Waals surface area contributed by atoms with Crippen LogP contribution >= 0.6 is 11.8 Å². The number of aromatic amines is 1. The Kier molecular flexibility index (Phi) is 6.75. The van der Waals surface area contributed by atoms with Crippen LogP contribution < -0.4 is 24.6 Å². The molecule has 0 fully saturated rings. The molecule has 2 heterocycles. The topological polar surface area (TPSA) is 149 Å². The molecule has 0 bridgehead atoms. The molecule has 1 atom stereocenters. The van der Waals surface area contributed by atoms with Crippen LogP contribution in [0.3, 0.4) is 0 Å². The third kappa shape index (κ3) is 4.28. The summed E-state index contributed by atoms with van der Waals surface area (Å²) in [5.41, 5.74) is -0.00901. The maximum atomic E-state index is 13.3. The molecule has 3 aromatic rings. The normalized spacial score (nSPS) is 14.0. The van der Waals surface area contributed by atoms with Crippen molar-refractivity contribution in [2.75, 3.05) is 17.8 Å². The third-order valence-electron chi connectivity index (χ3n) is 5.41. The number of rotatable bonds is 6. The van der Waals surface area contributed by atoms with E-state index in [4.69, 9.17) is 9.47 Å². The fourth-order valence-corrected chi connectivity index (χ4v) is 4.69. The number of thioether (sulfide) groups is 1. The Bertz CT molecular complexity index is 1460. The number of H-pyrrole nitrogens is 1. The number of ether oxygens (including phenoxy) is 2. The summed E-state index contributed by atoms with van der Waals surface area (Å²) in [5, 5.41) is 16.8. The largest absolute Gasteiger partial charge is 0.496 e. The van der Waals surface area contributed by atoms with Gasteiger partial charge in [0.05, 0.1) is 34.9 Å². The second-order valence-electron chi connectivity index (χ2n) is 7.68. The van der Waals surface area contributed by atoms with Crippen LogP contribution in [0, 0.1) is 10.1 Å². The molecule has 1 aliphatic heterocycles. The molecule has 0 aliphatic carbocycles. The molecule has 1 aromatic heterocycles. The average Bonchev–Trinajstić information content (AvgIpc) is 2.82. The highest BCUT2D eigenvalue weighted by molar-refractivity contribution is 7.99. The summed E-state index contributed by atoms with van der Waals surface area (Å²) in [6, 6.07) is 9.29. The van der Waals surface area contributed by atoms with Gasteiger partial charge in [0.15, 0.2) is 0 Å². The molecule has 1 amide bonds. The number of aromatic nitrogens is 3. The number of amides is 1. The highest BCUT2D eigenvalue weighted by Gasteiger charge is 2.47. The van der Waals surface area contributed by atoms with Crippen LogP contribution in [-0.4, -0.2) is 39.7 Å². The lowest BCUT2D eigenvalue weighted by atomic mass is 10.00. The highest BCUT2D eigenvalue weighted by Crippen LogP contribution is 2.44. The van der Waals surface area contributed by atoms with E-state index < -0.39 is 34.2 Å². The lowest BCUT2D eigenvalue weighted by Crippen LogP contribution is -2.60. The van der Waals surface area contributed by atoms with Crippen molar-refractivity contribution in [3.05, 3.63) is 62.4 Å². The quantitative estimate of drug-likeness (QED) is 0.131. The van der Waals surface area contributed by atoms with E-state index in [9.17, 15) is 24.5 Å². The minimum Gasteiger partial charge on any atom is -0.496 e. The van der Waals surface area contributed by atoms with Crippen LogP contribution in [0.25, 0.3) is 11.3 Å². The van der Waals surface area contributed by atoms with Crippen molar-refractivity contribution in [2.24, 2.45) is 0 Å². The number of methoxy groups -OCH3 is 1. The van der Waals surface area contributed by atoms with Gasteiger partial charge < -0.3 is 9.47 Å². The van der Waals surface area contributed by atoms with Gasteiger partial charge in [-0.25, -0.2) is 4.90 Å². The van der Waals surface area contributed by atoms with Gasteiger partial charge in [0, 0.05) is 18.9 Å². The summed E-state index contributed by atoms with van der Waals surface area (Å²) in [5.74, 6) is -0.930. The Morgan fingerprint density at radius 3 is 2.61 bits per heavy atom. The molecule has 1 N–H and O–H groups in total. The van der Waals surface area contributed by atoms with Gasteiger partial charge in [-0.15, -0.1) is 0 Å². The van der Waals surface area contributed by atoms with Gasteiger partial charge in [0.25, 0.3) is 6.17 Å². The summed E-state index contributed by atoms with van der Waals surface area (Å²) in [7, 11) is 1.33. The molecule has 1 aliphatic rings. The minimum absolute atomic E-state index is 0.0396. The predicted octanol–water partition coefficient (Wildman–Crippen LogP) is 2.59. The summed E-state index contributed by atoms with van der Waals surface area (Å²) in [6.45, 7) is 4.31. The van der Waals surface area contributed by atoms with Crippen molar-refractivity contribution < 1.29 is 28.7 Å². The van der Waals surface area contributed by atoms with Crippen molar-refractivity contribution in [1.82, 2.24) is 10.1 Å². The number of carbonyl (C=O) groups excluding carboxylic acids is 2. The van der Waals surface area contributed by atoms with Crippen LogP contribution in [0.1, 0.15) is 32.5 Å². The fourth-order valence-electron chi connectivity index (χ4n) is 4.10. The first-order valence-corrected chi connectivity index (χ1v) is 11.8. The van der Waals surface area contributed by atoms with E-state index in [0.29, 0.717) is 17.0 Å². The summed E-state index contributed by atoms with van der Waals surface area (Å²) in [4.78, 5) is 53.7. The van der Waals surface area contributed by atoms with Gasteiger partial charge in [-0.05, 0) is 28.6 Å². The van der Waals surface area contributed by atoms with Crippen LogP contribution in [0.2, 0.25) is 0 Å². The molecule has 2 aromatic carbocycles. The standard InChI is InChI=1S/C23H21N5O7S/c1-5-36-23-24-21(31)19-15-8-6-7-9-17(15)26(12(2)29)22(27(19)25-23)16-10-14(34-4)11-18(28(32)33)20(16)35-13(3)30/h6-11,22H,5H2,1-4H3/p+1/t22-/m0/s1. The molecule has 0 saturated carbocycles. The summed E-state index contributed by atoms with van der Waals surface area (Å²) >= 11 is 1.27. The smallest absolute Gasteiger partial charge is 0.325 e. The number of benzene rings is 2. The van der Waals surface area contributed by atoms with Gasteiger partial charge >= 0.3 is 22.9 Å². The molecule has 0 saturated heterocycles. The molecule has 12 nitrogen and oxygen atoms in total. The molecule has 4 rings (SSSR count). The van der Waals surface area contributed by atoms with Crippen molar-refractivity contribution in [3.63, 3.8) is 0 Å². The number of hydrogen-bond acceptors (Lipinski definition) is 9. The van der Waals surface area contributed by atoms with Crippen molar-refractivity contribution in [1.29, 1.82) is 0 Å². The number of nitro groups is 1. The van der Waals surface area contributed by atoms with E-state index in [1.165, 1.54) is 41.4 Å². The minimum atomic E-state index is -1.21. The van der Waals surface area contributed by atoms with Gasteiger partial charge in [-0.2, -0.15) is 0 Å². The number of hydrogen-bond donors (Lipinski definition) is 1. The molecule has 0 unspecified atom stereocenters. The van der Waals surface area contributed by atoms with E-state index in [1.54, 1.807) is 24.3 Å². The van der Waals surface area contributed by atoms with Crippen LogP contribution in [-0.2, 0) is 9.59 Å². The zero-order valence-corrected chi connectivity index (χ0v) is 20.6. The first-order chi connectivity index (χ1) is 17.2. The van der Waals surface area contributed by atoms with Crippen LogP contribution in [0.4, 0.5) is 11.4 Å². The summed E-state index contributed by atoms with van der Waals surface area (Å²) in [6.07, 6.45) is -1.21. The van der Waals surface area contributed by atoms with Crippen LogP contribution in [0.5, 0.6) is 11.5 Å². The second kappa shape index (κ2) is 9.77. The number of nitrogens with zero attached hydrogens (tertiary/aromatic N) is 4. The molecule has 0 spiro atoms. The average molecular weight is 513 g/mol. The Morgan fingerprint density at radius 2 is 2.00 bits per heavy atom. The van der Waals surface area contributed by atoms with E-state index in [2.05, 4.69) is 10.1 Å². The monoisotopic (exact) mass is 512 g/mol. The lowest BCUT2D eigenvalue weighted by Gasteiger charge is -2.31. The molecule has 36 heavy (non-hydrogen) atoms. The van der Waals surface area contributed by atoms with Crippen molar-refractivity contribution >= 4 is 35.0 Å². The molecule has 13 heteroatoms.